The maximum absolute atomic E-state index is 11.8. The molecule has 6 nitrogen and oxygen atoms in total. The Morgan fingerprint density at radius 2 is 2.29 bits per heavy atom. The van der Waals surface area contributed by atoms with E-state index in [1.807, 2.05) is 6.07 Å². The van der Waals surface area contributed by atoms with Crippen LogP contribution in [-0.4, -0.2) is 27.8 Å². The standard InChI is InChI=1S/C13H13ClN4O2S/c1-2-6-5-7-10(17-13(14)18-12(7)21-6)15-8-3-4-9(19)16-11(8)20/h5,8H,2-4H2,1H3,(H,15,17,18)(H,16,19,20). The van der Waals surface area contributed by atoms with E-state index in [0.717, 1.165) is 16.6 Å². The molecule has 110 valence electrons. The van der Waals surface area contributed by atoms with Gasteiger partial charge in [-0.05, 0) is 30.5 Å². The van der Waals surface area contributed by atoms with Crippen LogP contribution in [-0.2, 0) is 16.0 Å². The van der Waals surface area contributed by atoms with E-state index in [1.54, 1.807) is 11.3 Å². The molecule has 1 unspecified atom stereocenters. The topological polar surface area (TPSA) is 84.0 Å². The predicted octanol–water partition coefficient (Wildman–Crippen LogP) is 2.12. The van der Waals surface area contributed by atoms with E-state index < -0.39 is 6.04 Å². The molecule has 0 radical (unpaired) electrons. The summed E-state index contributed by atoms with van der Waals surface area (Å²) >= 11 is 7.50. The number of aryl methyl sites for hydroxylation is 1. The largest absolute Gasteiger partial charge is 0.358 e. The van der Waals surface area contributed by atoms with Gasteiger partial charge in [0.1, 0.15) is 16.7 Å². The van der Waals surface area contributed by atoms with Crippen LogP contribution in [0.1, 0.15) is 24.6 Å². The van der Waals surface area contributed by atoms with Gasteiger partial charge in [-0.25, -0.2) is 9.97 Å². The second-order valence-corrected chi connectivity index (χ2v) is 6.23. The van der Waals surface area contributed by atoms with E-state index in [0.29, 0.717) is 18.7 Å². The molecule has 2 aromatic heterocycles. The molecular weight excluding hydrogens is 312 g/mol. The summed E-state index contributed by atoms with van der Waals surface area (Å²) in [6.45, 7) is 2.06. The van der Waals surface area contributed by atoms with Gasteiger partial charge in [-0.2, -0.15) is 0 Å². The number of anilines is 1. The zero-order valence-electron chi connectivity index (χ0n) is 11.3. The number of hydrogen-bond donors (Lipinski definition) is 2. The number of carbonyl (C=O) groups is 2. The summed E-state index contributed by atoms with van der Waals surface area (Å²) in [7, 11) is 0. The fraction of sp³-hybridized carbons (Fsp3) is 0.385. The quantitative estimate of drug-likeness (QED) is 0.667. The van der Waals surface area contributed by atoms with E-state index >= 15 is 0 Å². The van der Waals surface area contributed by atoms with Crippen molar-refractivity contribution in [1.29, 1.82) is 0 Å². The van der Waals surface area contributed by atoms with Crippen molar-refractivity contribution in [3.05, 3.63) is 16.2 Å². The van der Waals surface area contributed by atoms with Gasteiger partial charge >= 0.3 is 0 Å². The van der Waals surface area contributed by atoms with E-state index in [1.165, 1.54) is 4.88 Å². The first-order valence-corrected chi connectivity index (χ1v) is 7.82. The monoisotopic (exact) mass is 324 g/mol. The molecule has 3 heterocycles. The molecule has 0 aliphatic carbocycles. The molecule has 2 N–H and O–H groups in total. The van der Waals surface area contributed by atoms with E-state index in [4.69, 9.17) is 11.6 Å². The summed E-state index contributed by atoms with van der Waals surface area (Å²) in [5.41, 5.74) is 0. The van der Waals surface area contributed by atoms with Crippen LogP contribution in [0, 0.1) is 0 Å². The van der Waals surface area contributed by atoms with Gasteiger partial charge in [-0.3, -0.25) is 14.9 Å². The average Bonchev–Trinajstić information content (AvgIpc) is 2.85. The molecule has 3 rings (SSSR count). The minimum Gasteiger partial charge on any atom is -0.358 e. The van der Waals surface area contributed by atoms with Crippen LogP contribution in [0.25, 0.3) is 10.2 Å². The van der Waals surface area contributed by atoms with Gasteiger partial charge in [-0.15, -0.1) is 11.3 Å². The molecule has 2 aromatic rings. The summed E-state index contributed by atoms with van der Waals surface area (Å²) in [5, 5.41) is 6.39. The molecule has 1 atom stereocenters. The second kappa shape index (κ2) is 5.57. The van der Waals surface area contributed by atoms with Gasteiger partial charge in [0.05, 0.1) is 5.39 Å². The average molecular weight is 325 g/mol. The van der Waals surface area contributed by atoms with Crippen molar-refractivity contribution in [3.63, 3.8) is 0 Å². The predicted molar refractivity (Wildman–Crippen MR) is 81.6 cm³/mol. The Morgan fingerprint density at radius 3 is 3.00 bits per heavy atom. The Bertz CT molecular complexity index is 730. The molecule has 1 aliphatic rings. The van der Waals surface area contributed by atoms with E-state index in [2.05, 4.69) is 27.5 Å². The van der Waals surface area contributed by atoms with Crippen LogP contribution in [0.3, 0.4) is 0 Å². The summed E-state index contributed by atoms with van der Waals surface area (Å²) in [6.07, 6.45) is 1.66. The second-order valence-electron chi connectivity index (χ2n) is 4.77. The number of thiophene rings is 1. The molecule has 0 bridgehead atoms. The fourth-order valence-corrected chi connectivity index (χ4v) is 3.41. The molecule has 0 aromatic carbocycles. The number of imide groups is 1. The van der Waals surface area contributed by atoms with Crippen molar-refractivity contribution in [2.45, 2.75) is 32.2 Å². The van der Waals surface area contributed by atoms with Gasteiger partial charge in [0.25, 0.3) is 0 Å². The third-order valence-electron chi connectivity index (χ3n) is 3.32. The Balaban J connectivity index is 1.94. The first-order valence-electron chi connectivity index (χ1n) is 6.63. The number of amides is 2. The van der Waals surface area contributed by atoms with Crippen LogP contribution in [0.15, 0.2) is 6.07 Å². The first kappa shape index (κ1) is 14.2. The summed E-state index contributed by atoms with van der Waals surface area (Å²) < 4.78 is 0. The lowest BCUT2D eigenvalue weighted by Crippen LogP contribution is -2.47. The molecule has 1 saturated heterocycles. The zero-order chi connectivity index (χ0) is 15.0. The third-order valence-corrected chi connectivity index (χ3v) is 4.66. The maximum atomic E-state index is 11.8. The molecule has 1 fully saturated rings. The highest BCUT2D eigenvalue weighted by Crippen LogP contribution is 2.31. The lowest BCUT2D eigenvalue weighted by atomic mass is 10.1. The highest BCUT2D eigenvalue weighted by molar-refractivity contribution is 7.18. The van der Waals surface area contributed by atoms with Gasteiger partial charge < -0.3 is 5.32 Å². The number of hydrogen-bond acceptors (Lipinski definition) is 6. The van der Waals surface area contributed by atoms with Crippen molar-refractivity contribution in [1.82, 2.24) is 15.3 Å². The van der Waals surface area contributed by atoms with Crippen molar-refractivity contribution in [2.24, 2.45) is 0 Å². The van der Waals surface area contributed by atoms with E-state index in [9.17, 15) is 9.59 Å². The van der Waals surface area contributed by atoms with E-state index in [-0.39, 0.29) is 17.1 Å². The van der Waals surface area contributed by atoms with Gasteiger partial charge in [-0.1, -0.05) is 6.92 Å². The Kier molecular flexibility index (Phi) is 3.77. The van der Waals surface area contributed by atoms with Gasteiger partial charge in [0, 0.05) is 11.3 Å². The first-order chi connectivity index (χ1) is 10.1. The summed E-state index contributed by atoms with van der Waals surface area (Å²) in [5.74, 6) is -0.0387. The van der Waals surface area contributed by atoms with Crippen molar-refractivity contribution < 1.29 is 9.59 Å². The number of halogens is 1. The normalized spacial score (nSPS) is 18.9. The molecular formula is C13H13ClN4O2S. The zero-order valence-corrected chi connectivity index (χ0v) is 12.8. The van der Waals surface area contributed by atoms with Gasteiger partial charge in [0.15, 0.2) is 0 Å². The third kappa shape index (κ3) is 2.84. The lowest BCUT2D eigenvalue weighted by molar-refractivity contribution is -0.133. The Labute approximate surface area is 129 Å². The number of piperidine rings is 1. The van der Waals surface area contributed by atoms with Gasteiger partial charge in [0.2, 0.25) is 17.1 Å². The molecule has 21 heavy (non-hydrogen) atoms. The maximum Gasteiger partial charge on any atom is 0.249 e. The summed E-state index contributed by atoms with van der Waals surface area (Å²) in [6, 6.07) is 1.52. The van der Waals surface area contributed by atoms with Crippen LogP contribution >= 0.6 is 22.9 Å². The van der Waals surface area contributed by atoms with Crippen LogP contribution in [0.5, 0.6) is 0 Å². The molecule has 0 spiro atoms. The fourth-order valence-electron chi connectivity index (χ4n) is 2.23. The van der Waals surface area contributed by atoms with Crippen LogP contribution < -0.4 is 10.6 Å². The number of nitrogens with zero attached hydrogens (tertiary/aromatic N) is 2. The van der Waals surface area contributed by atoms with Crippen molar-refractivity contribution in [3.8, 4) is 0 Å². The van der Waals surface area contributed by atoms with Crippen molar-refractivity contribution >= 4 is 50.8 Å². The highest BCUT2D eigenvalue weighted by Gasteiger charge is 2.27. The smallest absolute Gasteiger partial charge is 0.249 e. The number of carbonyl (C=O) groups excluding carboxylic acids is 2. The molecule has 0 saturated carbocycles. The molecule has 1 aliphatic heterocycles. The minimum absolute atomic E-state index is 0.141. The number of nitrogens with one attached hydrogen (secondary N) is 2. The number of rotatable bonds is 3. The minimum atomic E-state index is -0.484. The lowest BCUT2D eigenvalue weighted by Gasteiger charge is -2.22. The Morgan fingerprint density at radius 1 is 1.48 bits per heavy atom. The number of fused-ring (bicyclic) bond motifs is 1. The Hall–Kier alpha value is -1.73. The number of aromatic nitrogens is 2. The van der Waals surface area contributed by atoms with Crippen LogP contribution in [0.4, 0.5) is 5.82 Å². The molecule has 8 heteroatoms. The highest BCUT2D eigenvalue weighted by atomic mass is 35.5. The summed E-state index contributed by atoms with van der Waals surface area (Å²) in [4.78, 5) is 33.4. The molecule has 2 amide bonds. The van der Waals surface area contributed by atoms with Crippen molar-refractivity contribution in [2.75, 3.05) is 5.32 Å². The van der Waals surface area contributed by atoms with Crippen LogP contribution in [0.2, 0.25) is 5.28 Å². The SMILES string of the molecule is CCc1cc2c(NC3CCC(=O)NC3=O)nc(Cl)nc2s1.